The Morgan fingerprint density at radius 1 is 1.06 bits per heavy atom. The molecule has 2 heterocycles. The molecule has 2 aromatic heterocycles. The smallest absolute Gasteiger partial charge is 0.0977 e. The molecule has 1 aromatic carbocycles. The second-order valence-electron chi connectivity index (χ2n) is 3.56. The van der Waals surface area contributed by atoms with Crippen LogP contribution in [0.3, 0.4) is 0 Å². The van der Waals surface area contributed by atoms with Gasteiger partial charge in [0.2, 0.25) is 0 Å². The van der Waals surface area contributed by atoms with Crippen LogP contribution in [0.15, 0.2) is 41.1 Å². The maximum absolute atomic E-state index is 5.80. The molecule has 4 heteroatoms. The summed E-state index contributed by atoms with van der Waals surface area (Å²) in [6.45, 7) is 0. The molecule has 0 radical (unpaired) electrons. The van der Waals surface area contributed by atoms with Gasteiger partial charge < -0.3 is 5.73 Å². The highest BCUT2D eigenvalue weighted by molar-refractivity contribution is 9.10. The molecule has 0 bridgehead atoms. The summed E-state index contributed by atoms with van der Waals surface area (Å²) in [5.41, 5.74) is 8.22. The van der Waals surface area contributed by atoms with Crippen molar-refractivity contribution in [2.45, 2.75) is 0 Å². The van der Waals surface area contributed by atoms with E-state index in [1.807, 2.05) is 24.3 Å². The molecule has 3 nitrogen and oxygen atoms in total. The molecule has 16 heavy (non-hydrogen) atoms. The van der Waals surface area contributed by atoms with Crippen LogP contribution in [0.4, 0.5) is 5.69 Å². The molecule has 0 spiro atoms. The van der Waals surface area contributed by atoms with Gasteiger partial charge >= 0.3 is 0 Å². The standard InChI is InChI=1S/C12H8BrN3/c13-10-8-4-3-7-2-1-5-15-11(7)12(8)16-6-9(10)14/h1-6H,14H2. The van der Waals surface area contributed by atoms with Crippen molar-refractivity contribution in [1.82, 2.24) is 9.97 Å². The first kappa shape index (κ1) is 9.54. The van der Waals surface area contributed by atoms with Crippen LogP contribution in [0.25, 0.3) is 21.8 Å². The van der Waals surface area contributed by atoms with Gasteiger partial charge in [0.15, 0.2) is 0 Å². The van der Waals surface area contributed by atoms with Crippen LogP contribution < -0.4 is 5.73 Å². The predicted molar refractivity (Wildman–Crippen MR) is 69.2 cm³/mol. The minimum Gasteiger partial charge on any atom is -0.397 e. The topological polar surface area (TPSA) is 51.8 Å². The van der Waals surface area contributed by atoms with E-state index in [0.29, 0.717) is 5.69 Å². The lowest BCUT2D eigenvalue weighted by Gasteiger charge is -2.05. The molecular formula is C12H8BrN3. The van der Waals surface area contributed by atoms with Crippen molar-refractivity contribution in [2.75, 3.05) is 5.73 Å². The molecule has 0 fully saturated rings. The number of rotatable bonds is 0. The quantitative estimate of drug-likeness (QED) is 0.641. The molecule has 0 saturated carbocycles. The first-order valence-corrected chi connectivity index (χ1v) is 5.64. The number of hydrogen-bond acceptors (Lipinski definition) is 3. The number of nitrogens with zero attached hydrogens (tertiary/aromatic N) is 2. The zero-order valence-electron chi connectivity index (χ0n) is 8.31. The molecule has 2 N–H and O–H groups in total. The minimum atomic E-state index is 0.641. The highest BCUT2D eigenvalue weighted by Gasteiger charge is 2.07. The van der Waals surface area contributed by atoms with Crippen LogP contribution in [0, 0.1) is 0 Å². The molecule has 3 aromatic rings. The maximum Gasteiger partial charge on any atom is 0.0977 e. The van der Waals surface area contributed by atoms with Gasteiger partial charge in [0, 0.05) is 17.0 Å². The normalized spacial score (nSPS) is 11.1. The van der Waals surface area contributed by atoms with E-state index in [2.05, 4.69) is 25.9 Å². The van der Waals surface area contributed by atoms with E-state index in [4.69, 9.17) is 5.73 Å². The van der Waals surface area contributed by atoms with Gasteiger partial charge in [0.1, 0.15) is 0 Å². The highest BCUT2D eigenvalue weighted by atomic mass is 79.9. The zero-order valence-corrected chi connectivity index (χ0v) is 9.90. The van der Waals surface area contributed by atoms with Gasteiger partial charge in [-0.15, -0.1) is 0 Å². The lowest BCUT2D eigenvalue weighted by molar-refractivity contribution is 1.37. The number of pyridine rings is 2. The van der Waals surface area contributed by atoms with Crippen LogP contribution in [0.2, 0.25) is 0 Å². The lowest BCUT2D eigenvalue weighted by atomic mass is 10.1. The van der Waals surface area contributed by atoms with Gasteiger partial charge in [0.05, 0.1) is 27.4 Å². The molecule has 0 aliphatic carbocycles. The molecule has 0 amide bonds. The molecule has 0 aliphatic heterocycles. The van der Waals surface area contributed by atoms with Crippen molar-refractivity contribution in [3.8, 4) is 0 Å². The predicted octanol–water partition coefficient (Wildman–Crippen LogP) is 3.13. The van der Waals surface area contributed by atoms with Gasteiger partial charge in [-0.1, -0.05) is 18.2 Å². The summed E-state index contributed by atoms with van der Waals surface area (Å²) < 4.78 is 0.880. The van der Waals surface area contributed by atoms with Gasteiger partial charge in [-0.2, -0.15) is 0 Å². The minimum absolute atomic E-state index is 0.641. The zero-order chi connectivity index (χ0) is 11.1. The lowest BCUT2D eigenvalue weighted by Crippen LogP contribution is -1.91. The Kier molecular flexibility index (Phi) is 2.04. The third kappa shape index (κ3) is 1.27. The van der Waals surface area contributed by atoms with Crippen molar-refractivity contribution >= 4 is 43.4 Å². The van der Waals surface area contributed by atoms with Gasteiger partial charge in [-0.3, -0.25) is 9.97 Å². The number of aromatic nitrogens is 2. The summed E-state index contributed by atoms with van der Waals surface area (Å²) in [7, 11) is 0. The number of anilines is 1. The van der Waals surface area contributed by atoms with Gasteiger partial charge in [-0.05, 0) is 22.0 Å². The molecule has 0 unspecified atom stereocenters. The van der Waals surface area contributed by atoms with E-state index in [-0.39, 0.29) is 0 Å². The summed E-state index contributed by atoms with van der Waals surface area (Å²) in [5.74, 6) is 0. The van der Waals surface area contributed by atoms with Crippen molar-refractivity contribution in [3.63, 3.8) is 0 Å². The van der Waals surface area contributed by atoms with Crippen molar-refractivity contribution < 1.29 is 0 Å². The van der Waals surface area contributed by atoms with Gasteiger partial charge in [-0.25, -0.2) is 0 Å². The molecule has 78 valence electrons. The van der Waals surface area contributed by atoms with Crippen LogP contribution in [0.1, 0.15) is 0 Å². The first-order valence-electron chi connectivity index (χ1n) is 4.85. The van der Waals surface area contributed by atoms with Crippen LogP contribution in [0.5, 0.6) is 0 Å². The van der Waals surface area contributed by atoms with E-state index in [9.17, 15) is 0 Å². The SMILES string of the molecule is Nc1cnc2c(ccc3cccnc32)c1Br. The number of nitrogens with two attached hydrogens (primary N) is 1. The van der Waals surface area contributed by atoms with Crippen molar-refractivity contribution in [3.05, 3.63) is 41.1 Å². The van der Waals surface area contributed by atoms with Crippen molar-refractivity contribution in [1.29, 1.82) is 0 Å². The summed E-state index contributed by atoms with van der Waals surface area (Å²) >= 11 is 3.47. The second kappa shape index (κ2) is 3.42. The Morgan fingerprint density at radius 3 is 2.81 bits per heavy atom. The fourth-order valence-corrected chi connectivity index (χ4v) is 2.21. The summed E-state index contributed by atoms with van der Waals surface area (Å²) in [6, 6.07) is 7.97. The average molecular weight is 274 g/mol. The summed E-state index contributed by atoms with van der Waals surface area (Å²) in [5, 5.41) is 2.07. The maximum atomic E-state index is 5.80. The molecule has 0 aliphatic rings. The van der Waals surface area contributed by atoms with Crippen LogP contribution in [-0.4, -0.2) is 9.97 Å². The Hall–Kier alpha value is -1.68. The van der Waals surface area contributed by atoms with E-state index in [0.717, 1.165) is 26.3 Å². The number of halogens is 1. The van der Waals surface area contributed by atoms with E-state index < -0.39 is 0 Å². The third-order valence-corrected chi connectivity index (χ3v) is 3.46. The molecule has 0 atom stereocenters. The van der Waals surface area contributed by atoms with E-state index >= 15 is 0 Å². The molecule has 0 saturated heterocycles. The summed E-state index contributed by atoms with van der Waals surface area (Å²) in [6.07, 6.45) is 3.42. The van der Waals surface area contributed by atoms with Gasteiger partial charge in [0.25, 0.3) is 0 Å². The Morgan fingerprint density at radius 2 is 1.94 bits per heavy atom. The number of nitrogen functional groups attached to an aromatic ring is 1. The monoisotopic (exact) mass is 273 g/mol. The molecular weight excluding hydrogens is 266 g/mol. The average Bonchev–Trinajstić information content (AvgIpc) is 2.33. The fraction of sp³-hybridized carbons (Fsp3) is 0. The Bertz CT molecular complexity index is 694. The fourth-order valence-electron chi connectivity index (χ4n) is 1.78. The first-order chi connectivity index (χ1) is 7.77. The number of fused-ring (bicyclic) bond motifs is 3. The Balaban J connectivity index is 2.58. The highest BCUT2D eigenvalue weighted by Crippen LogP contribution is 2.31. The third-order valence-electron chi connectivity index (χ3n) is 2.57. The Labute approximate surface area is 100 Å². The van der Waals surface area contributed by atoms with Crippen molar-refractivity contribution in [2.24, 2.45) is 0 Å². The van der Waals surface area contributed by atoms with E-state index in [1.54, 1.807) is 12.4 Å². The largest absolute Gasteiger partial charge is 0.397 e. The second-order valence-corrected chi connectivity index (χ2v) is 4.36. The number of benzene rings is 1. The number of hydrogen-bond donors (Lipinski definition) is 1. The van der Waals surface area contributed by atoms with E-state index in [1.165, 1.54) is 0 Å². The summed E-state index contributed by atoms with van der Waals surface area (Å²) in [4.78, 5) is 8.71. The molecule has 3 rings (SSSR count). The van der Waals surface area contributed by atoms with Crippen LogP contribution >= 0.6 is 15.9 Å². The van der Waals surface area contributed by atoms with Crippen LogP contribution in [-0.2, 0) is 0 Å².